The van der Waals surface area contributed by atoms with Gasteiger partial charge in [-0.25, -0.2) is 0 Å². The van der Waals surface area contributed by atoms with Crippen LogP contribution in [0, 0.1) is 11.3 Å². The smallest absolute Gasteiger partial charge is 0.207 e. The lowest BCUT2D eigenvalue weighted by Crippen LogP contribution is -2.55. The largest absolute Gasteiger partial charge is 0.361 e. The first-order chi connectivity index (χ1) is 11.4. The zero-order chi connectivity index (χ0) is 17.1. The van der Waals surface area contributed by atoms with Crippen molar-refractivity contribution in [2.24, 2.45) is 11.3 Å². The van der Waals surface area contributed by atoms with Gasteiger partial charge in [0.2, 0.25) is 6.41 Å². The van der Waals surface area contributed by atoms with Crippen molar-refractivity contribution < 1.29 is 4.79 Å². The second-order valence-corrected chi connectivity index (χ2v) is 8.34. The third-order valence-electron chi connectivity index (χ3n) is 6.93. The molecule has 24 heavy (non-hydrogen) atoms. The van der Waals surface area contributed by atoms with Crippen LogP contribution in [0.25, 0.3) is 10.9 Å². The Hall–Kier alpha value is -2.03. The topological polar surface area (TPSA) is 44.9 Å². The number of hydrogen-bond donors (Lipinski definition) is 2. The van der Waals surface area contributed by atoms with E-state index < -0.39 is 0 Å². The highest BCUT2D eigenvalue weighted by atomic mass is 16.1. The van der Waals surface area contributed by atoms with E-state index in [9.17, 15) is 4.79 Å². The molecule has 3 heteroatoms. The van der Waals surface area contributed by atoms with Crippen LogP contribution < -0.4 is 5.32 Å². The lowest BCUT2D eigenvalue weighted by atomic mass is 9.51. The molecule has 0 bridgehead atoms. The summed E-state index contributed by atoms with van der Waals surface area (Å²) in [5.41, 5.74) is 4.00. The molecule has 1 saturated carbocycles. The summed E-state index contributed by atoms with van der Waals surface area (Å²) in [6.45, 7) is 11.0. The molecule has 3 nitrogen and oxygen atoms in total. The van der Waals surface area contributed by atoms with E-state index >= 15 is 0 Å². The number of hydrogen-bond acceptors (Lipinski definition) is 1. The molecule has 0 aliphatic heterocycles. The van der Waals surface area contributed by atoms with Crippen LogP contribution in [0.4, 0.5) is 0 Å². The standard InChI is InChI=1S/C21H26N2O/c1-5-21(4)10-9-15-18(19(21)23-12-24)13-11-22-16-8-6-7-14(17(13)16)20(15,2)3/h5-8,11-12,15,18-19,22H,1,9-10H2,2-4H3,(H,23,24)/t15-,18-,19-,21+/m1/s1. The Labute approximate surface area is 143 Å². The fourth-order valence-electron chi connectivity index (χ4n) is 5.46. The fraction of sp³-hybridized carbons (Fsp3) is 0.476. The quantitative estimate of drug-likeness (QED) is 0.643. The number of aromatic amines is 1. The predicted molar refractivity (Wildman–Crippen MR) is 98.1 cm³/mol. The first-order valence-corrected chi connectivity index (χ1v) is 8.88. The third-order valence-corrected chi connectivity index (χ3v) is 6.93. The number of aromatic nitrogens is 1. The monoisotopic (exact) mass is 322 g/mol. The van der Waals surface area contributed by atoms with E-state index in [1.807, 2.05) is 6.08 Å². The van der Waals surface area contributed by atoms with Crippen LogP contribution in [0.2, 0.25) is 0 Å². The number of amides is 1. The molecule has 0 radical (unpaired) electrons. The molecule has 4 rings (SSSR count). The zero-order valence-electron chi connectivity index (χ0n) is 14.7. The second kappa shape index (κ2) is 4.98. The molecule has 1 heterocycles. The molecule has 0 saturated heterocycles. The predicted octanol–water partition coefficient (Wildman–Crippen LogP) is 4.26. The summed E-state index contributed by atoms with van der Waals surface area (Å²) < 4.78 is 0. The average Bonchev–Trinajstić information content (AvgIpc) is 2.99. The van der Waals surface area contributed by atoms with Crippen LogP contribution in [0.5, 0.6) is 0 Å². The summed E-state index contributed by atoms with van der Waals surface area (Å²) in [6, 6.07) is 6.66. The van der Waals surface area contributed by atoms with Crippen molar-refractivity contribution in [2.45, 2.75) is 51.0 Å². The Balaban J connectivity index is 1.99. The number of rotatable bonds is 3. The minimum Gasteiger partial charge on any atom is -0.361 e. The highest BCUT2D eigenvalue weighted by Gasteiger charge is 2.53. The maximum Gasteiger partial charge on any atom is 0.207 e. The van der Waals surface area contributed by atoms with Crippen LogP contribution in [0.15, 0.2) is 37.1 Å². The zero-order valence-corrected chi connectivity index (χ0v) is 14.7. The SMILES string of the molecule is C=C[C@@]1(C)CC[C@@H]2[C@@H](c3c[nH]c4cccc(c34)C2(C)C)[C@H]1NC=O. The van der Waals surface area contributed by atoms with Crippen molar-refractivity contribution in [2.75, 3.05) is 0 Å². The molecule has 2 aromatic rings. The molecule has 1 aromatic carbocycles. The Morgan fingerprint density at radius 2 is 2.12 bits per heavy atom. The van der Waals surface area contributed by atoms with E-state index in [1.165, 1.54) is 22.0 Å². The van der Waals surface area contributed by atoms with Crippen molar-refractivity contribution in [1.82, 2.24) is 10.3 Å². The highest BCUT2D eigenvalue weighted by molar-refractivity contribution is 5.89. The first-order valence-electron chi connectivity index (χ1n) is 8.88. The van der Waals surface area contributed by atoms with Crippen LogP contribution in [-0.2, 0) is 10.2 Å². The summed E-state index contributed by atoms with van der Waals surface area (Å²) >= 11 is 0. The van der Waals surface area contributed by atoms with Gasteiger partial charge in [0.05, 0.1) is 0 Å². The van der Waals surface area contributed by atoms with Crippen molar-refractivity contribution >= 4 is 17.3 Å². The molecule has 0 spiro atoms. The van der Waals surface area contributed by atoms with E-state index in [1.54, 1.807) is 0 Å². The Morgan fingerprint density at radius 3 is 2.83 bits per heavy atom. The van der Waals surface area contributed by atoms with E-state index in [0.717, 1.165) is 19.3 Å². The van der Waals surface area contributed by atoms with Gasteiger partial charge in [0, 0.05) is 34.5 Å². The van der Waals surface area contributed by atoms with E-state index in [2.05, 4.69) is 62.0 Å². The van der Waals surface area contributed by atoms with Gasteiger partial charge in [-0.1, -0.05) is 39.0 Å². The van der Waals surface area contributed by atoms with Crippen LogP contribution >= 0.6 is 0 Å². The first kappa shape index (κ1) is 15.5. The molecule has 1 aromatic heterocycles. The second-order valence-electron chi connectivity index (χ2n) is 8.34. The lowest BCUT2D eigenvalue weighted by molar-refractivity contribution is -0.111. The summed E-state index contributed by atoms with van der Waals surface area (Å²) in [5, 5.41) is 4.52. The Morgan fingerprint density at radius 1 is 1.33 bits per heavy atom. The van der Waals surface area contributed by atoms with Crippen molar-refractivity contribution in [3.63, 3.8) is 0 Å². The van der Waals surface area contributed by atoms with E-state index in [-0.39, 0.29) is 16.9 Å². The fourth-order valence-corrected chi connectivity index (χ4v) is 5.46. The molecule has 2 aliphatic carbocycles. The molecular formula is C21H26N2O. The van der Waals surface area contributed by atoms with Gasteiger partial charge in [-0.2, -0.15) is 0 Å². The molecule has 4 atom stereocenters. The Bertz CT molecular complexity index is 818. The number of carbonyl (C=O) groups is 1. The van der Waals surface area contributed by atoms with Gasteiger partial charge < -0.3 is 10.3 Å². The number of benzene rings is 1. The molecule has 2 N–H and O–H groups in total. The molecule has 0 unspecified atom stereocenters. The van der Waals surface area contributed by atoms with Crippen molar-refractivity contribution in [3.05, 3.63) is 48.2 Å². The van der Waals surface area contributed by atoms with Crippen LogP contribution in [0.3, 0.4) is 0 Å². The number of H-pyrrole nitrogens is 1. The Kier molecular flexibility index (Phi) is 3.22. The van der Waals surface area contributed by atoms with Gasteiger partial charge in [-0.15, -0.1) is 6.58 Å². The minimum absolute atomic E-state index is 0.0754. The van der Waals surface area contributed by atoms with Gasteiger partial charge in [0.1, 0.15) is 0 Å². The molecular weight excluding hydrogens is 296 g/mol. The van der Waals surface area contributed by atoms with Crippen LogP contribution in [-0.4, -0.2) is 17.4 Å². The lowest BCUT2D eigenvalue weighted by Gasteiger charge is -2.55. The van der Waals surface area contributed by atoms with Crippen molar-refractivity contribution in [3.8, 4) is 0 Å². The van der Waals surface area contributed by atoms with Gasteiger partial charge in [0.15, 0.2) is 0 Å². The average molecular weight is 322 g/mol. The van der Waals surface area contributed by atoms with E-state index in [0.29, 0.717) is 11.8 Å². The van der Waals surface area contributed by atoms with Gasteiger partial charge in [-0.3, -0.25) is 4.79 Å². The highest BCUT2D eigenvalue weighted by Crippen LogP contribution is 2.58. The van der Waals surface area contributed by atoms with Gasteiger partial charge in [-0.05, 0) is 41.4 Å². The minimum atomic E-state index is -0.0754. The van der Waals surface area contributed by atoms with Crippen LogP contribution in [0.1, 0.15) is 50.7 Å². The number of fused-ring (bicyclic) bond motifs is 2. The van der Waals surface area contributed by atoms with Gasteiger partial charge in [0.25, 0.3) is 0 Å². The maximum atomic E-state index is 11.4. The van der Waals surface area contributed by atoms with Gasteiger partial charge >= 0.3 is 0 Å². The van der Waals surface area contributed by atoms with Crippen molar-refractivity contribution in [1.29, 1.82) is 0 Å². The van der Waals surface area contributed by atoms with E-state index in [4.69, 9.17) is 0 Å². The summed E-state index contributed by atoms with van der Waals surface area (Å²) in [7, 11) is 0. The summed E-state index contributed by atoms with van der Waals surface area (Å²) in [6.07, 6.45) is 7.28. The maximum absolute atomic E-state index is 11.4. The molecule has 1 fully saturated rings. The number of carbonyl (C=O) groups excluding carboxylic acids is 1. The molecule has 2 aliphatic rings. The molecule has 126 valence electrons. The normalized spacial score (nSPS) is 33.7. The number of nitrogens with one attached hydrogen (secondary N) is 2. The summed E-state index contributed by atoms with van der Waals surface area (Å²) in [4.78, 5) is 14.8. The third kappa shape index (κ3) is 1.81. The summed E-state index contributed by atoms with van der Waals surface area (Å²) in [5.74, 6) is 0.822. The molecule has 1 amide bonds.